The molecular weight excluding hydrogens is 253 g/mol. The quantitative estimate of drug-likeness (QED) is 0.447. The van der Waals surface area contributed by atoms with E-state index < -0.39 is 11.6 Å². The van der Waals surface area contributed by atoms with Gasteiger partial charge in [0.15, 0.2) is 0 Å². The summed E-state index contributed by atoms with van der Waals surface area (Å²) in [5.41, 5.74) is 0.673. The third-order valence-electron chi connectivity index (χ3n) is 2.15. The van der Waals surface area contributed by atoms with E-state index in [0.29, 0.717) is 5.56 Å². The Bertz CT molecular complexity index is 658. The summed E-state index contributed by atoms with van der Waals surface area (Å²) >= 11 is 5.77. The molecule has 1 aromatic carbocycles. The normalized spacial score (nSPS) is 9.44. The Hall–Kier alpha value is -2.18. The Labute approximate surface area is 108 Å². The monoisotopic (exact) mass is 259 g/mol. The van der Waals surface area contributed by atoms with Crippen LogP contribution in [0.5, 0.6) is 0 Å². The zero-order valence-electron chi connectivity index (χ0n) is 9.15. The smallest absolute Gasteiger partial charge is 0.239 e. The molecule has 0 saturated heterocycles. The third-order valence-corrected chi connectivity index (χ3v) is 2.45. The maximum absolute atomic E-state index is 12.9. The Kier molecular flexibility index (Phi) is 3.71. The van der Waals surface area contributed by atoms with Gasteiger partial charge in [-0.2, -0.15) is 0 Å². The minimum Gasteiger partial charge on any atom is -0.279 e. The Balaban J connectivity index is 2.26. The van der Waals surface area contributed by atoms with Crippen LogP contribution < -0.4 is 0 Å². The minimum absolute atomic E-state index is 0.107. The molecule has 0 radical (unpaired) electrons. The van der Waals surface area contributed by atoms with Gasteiger partial charge in [0, 0.05) is 11.8 Å². The Morgan fingerprint density at radius 1 is 1.28 bits per heavy atom. The lowest BCUT2D eigenvalue weighted by Crippen LogP contribution is -1.97. The van der Waals surface area contributed by atoms with Gasteiger partial charge in [0.25, 0.3) is 0 Å². The molecule has 18 heavy (non-hydrogen) atoms. The van der Waals surface area contributed by atoms with E-state index in [1.165, 1.54) is 30.5 Å². The second-order valence-corrected chi connectivity index (χ2v) is 3.79. The van der Waals surface area contributed by atoms with Crippen molar-refractivity contribution in [2.45, 2.75) is 0 Å². The van der Waals surface area contributed by atoms with Crippen LogP contribution in [0.25, 0.3) is 0 Å². The van der Waals surface area contributed by atoms with Gasteiger partial charge in [-0.25, -0.2) is 9.37 Å². The first-order chi connectivity index (χ1) is 8.66. The molecule has 0 aliphatic carbocycles. The highest BCUT2D eigenvalue weighted by Crippen LogP contribution is 2.11. The van der Waals surface area contributed by atoms with Crippen molar-refractivity contribution >= 4 is 17.4 Å². The summed E-state index contributed by atoms with van der Waals surface area (Å²) < 4.78 is 12.9. The first-order valence-electron chi connectivity index (χ1n) is 5.09. The highest BCUT2D eigenvalue weighted by molar-refractivity contribution is 6.33. The van der Waals surface area contributed by atoms with Crippen molar-refractivity contribution < 1.29 is 9.18 Å². The van der Waals surface area contributed by atoms with Crippen LogP contribution in [-0.4, -0.2) is 10.8 Å². The van der Waals surface area contributed by atoms with E-state index in [1.807, 2.05) is 0 Å². The fourth-order valence-electron chi connectivity index (χ4n) is 1.32. The van der Waals surface area contributed by atoms with Gasteiger partial charge in [-0.1, -0.05) is 23.6 Å². The average molecular weight is 260 g/mol. The number of carbonyl (C=O) groups is 1. The van der Waals surface area contributed by atoms with Crippen LogP contribution in [0.4, 0.5) is 4.39 Å². The van der Waals surface area contributed by atoms with E-state index in [0.717, 1.165) is 0 Å². The molecule has 88 valence electrons. The van der Waals surface area contributed by atoms with Crippen molar-refractivity contribution in [3.05, 3.63) is 64.7 Å². The zero-order chi connectivity index (χ0) is 13.0. The summed E-state index contributed by atoms with van der Waals surface area (Å²) in [6, 6.07) is 8.85. The topological polar surface area (TPSA) is 30.0 Å². The second kappa shape index (κ2) is 5.44. The fourth-order valence-corrected chi connectivity index (χ4v) is 1.52. The summed E-state index contributed by atoms with van der Waals surface area (Å²) in [6.07, 6.45) is 1.49. The van der Waals surface area contributed by atoms with Crippen molar-refractivity contribution in [3.63, 3.8) is 0 Å². The number of benzene rings is 1. The van der Waals surface area contributed by atoms with E-state index >= 15 is 0 Å². The number of Topliss-reactive ketones (excluding diaryl/α,β-unsaturated/α-hetero) is 1. The van der Waals surface area contributed by atoms with Crippen molar-refractivity contribution in [1.82, 2.24) is 4.98 Å². The second-order valence-electron chi connectivity index (χ2n) is 3.43. The molecule has 2 aromatic rings. The van der Waals surface area contributed by atoms with Crippen LogP contribution in [0.1, 0.15) is 15.9 Å². The fraction of sp³-hybridized carbons (Fsp3) is 0. The summed E-state index contributed by atoms with van der Waals surface area (Å²) in [7, 11) is 0. The molecule has 0 N–H and O–H groups in total. The van der Waals surface area contributed by atoms with E-state index in [2.05, 4.69) is 16.8 Å². The summed E-state index contributed by atoms with van der Waals surface area (Å²) in [5, 5.41) is 0.107. The largest absolute Gasteiger partial charge is 0.279 e. The van der Waals surface area contributed by atoms with E-state index in [4.69, 9.17) is 11.6 Å². The lowest BCUT2D eigenvalue weighted by Gasteiger charge is -1.95. The van der Waals surface area contributed by atoms with Gasteiger partial charge in [0.1, 0.15) is 11.0 Å². The number of rotatable bonds is 1. The minimum atomic E-state index is -0.447. The van der Waals surface area contributed by atoms with Gasteiger partial charge >= 0.3 is 0 Å². The number of ketones is 1. The molecule has 1 heterocycles. The van der Waals surface area contributed by atoms with Crippen LogP contribution >= 0.6 is 11.6 Å². The van der Waals surface area contributed by atoms with Gasteiger partial charge < -0.3 is 0 Å². The molecule has 0 aliphatic rings. The summed E-state index contributed by atoms with van der Waals surface area (Å²) in [6.45, 7) is 0. The lowest BCUT2D eigenvalue weighted by atomic mass is 10.1. The Morgan fingerprint density at radius 3 is 2.83 bits per heavy atom. The SMILES string of the molecule is O=C(C#Cc1cccc(F)c1)c1cccnc1Cl. The molecule has 0 unspecified atom stereocenters. The van der Waals surface area contributed by atoms with Crippen molar-refractivity contribution in [2.75, 3.05) is 0 Å². The third kappa shape index (κ3) is 2.93. The number of carbonyl (C=O) groups excluding carboxylic acids is 1. The summed E-state index contributed by atoms with van der Waals surface area (Å²) in [4.78, 5) is 15.5. The molecule has 0 fully saturated rings. The highest BCUT2D eigenvalue weighted by atomic mass is 35.5. The Morgan fingerprint density at radius 2 is 2.11 bits per heavy atom. The highest BCUT2D eigenvalue weighted by Gasteiger charge is 2.07. The van der Waals surface area contributed by atoms with Crippen LogP contribution in [0.15, 0.2) is 42.6 Å². The number of pyridine rings is 1. The molecular formula is C14H7ClFNO. The van der Waals surface area contributed by atoms with E-state index in [9.17, 15) is 9.18 Å². The first-order valence-corrected chi connectivity index (χ1v) is 5.47. The van der Waals surface area contributed by atoms with E-state index in [-0.39, 0.29) is 10.7 Å². The van der Waals surface area contributed by atoms with Crippen LogP contribution in [0.3, 0.4) is 0 Å². The molecule has 0 amide bonds. The molecule has 0 saturated carbocycles. The number of hydrogen-bond acceptors (Lipinski definition) is 2. The van der Waals surface area contributed by atoms with Crippen molar-refractivity contribution in [3.8, 4) is 11.8 Å². The van der Waals surface area contributed by atoms with Gasteiger partial charge in [-0.05, 0) is 36.3 Å². The number of nitrogens with zero attached hydrogens (tertiary/aromatic N) is 1. The molecule has 4 heteroatoms. The van der Waals surface area contributed by atoms with Crippen molar-refractivity contribution in [1.29, 1.82) is 0 Å². The van der Waals surface area contributed by atoms with Gasteiger partial charge in [-0.15, -0.1) is 0 Å². The molecule has 0 spiro atoms. The van der Waals surface area contributed by atoms with Gasteiger partial charge in [0.2, 0.25) is 5.78 Å². The van der Waals surface area contributed by atoms with E-state index in [1.54, 1.807) is 12.1 Å². The average Bonchev–Trinajstić information content (AvgIpc) is 2.37. The predicted molar refractivity (Wildman–Crippen MR) is 66.9 cm³/mol. The molecule has 1 aromatic heterocycles. The number of aromatic nitrogens is 1. The molecule has 0 bridgehead atoms. The standard InChI is InChI=1S/C14H7ClFNO/c15-14-12(5-2-8-17-14)13(18)7-6-10-3-1-4-11(16)9-10/h1-5,8-9H. The van der Waals surface area contributed by atoms with Crippen LogP contribution in [-0.2, 0) is 0 Å². The molecule has 2 rings (SSSR count). The molecule has 0 aliphatic heterocycles. The zero-order valence-corrected chi connectivity index (χ0v) is 9.91. The lowest BCUT2D eigenvalue weighted by molar-refractivity contribution is 0.105. The number of hydrogen-bond donors (Lipinski definition) is 0. The maximum atomic E-state index is 12.9. The summed E-state index contributed by atoms with van der Waals surface area (Å²) in [5.74, 6) is 4.15. The number of halogens is 2. The van der Waals surface area contributed by atoms with Gasteiger partial charge in [-0.3, -0.25) is 4.79 Å². The van der Waals surface area contributed by atoms with Crippen LogP contribution in [0.2, 0.25) is 5.15 Å². The molecule has 0 atom stereocenters. The van der Waals surface area contributed by atoms with Crippen molar-refractivity contribution in [2.24, 2.45) is 0 Å². The predicted octanol–water partition coefficient (Wildman–Crippen LogP) is 3.11. The maximum Gasteiger partial charge on any atom is 0.239 e. The van der Waals surface area contributed by atoms with Crippen LogP contribution in [0, 0.1) is 17.7 Å². The molecule has 2 nitrogen and oxygen atoms in total. The first kappa shape index (κ1) is 12.3. The van der Waals surface area contributed by atoms with Gasteiger partial charge in [0.05, 0.1) is 5.56 Å².